The fraction of sp³-hybridized carbons (Fsp3) is 0.158. The fourth-order valence-electron chi connectivity index (χ4n) is 2.79. The second kappa shape index (κ2) is 8.23. The number of aryl methyl sites for hydroxylation is 1. The normalized spacial score (nSPS) is 11.9. The highest BCUT2D eigenvalue weighted by Gasteiger charge is 2.30. The molecule has 1 aromatic carbocycles. The number of hydrogen-bond acceptors (Lipinski definition) is 4. The van der Waals surface area contributed by atoms with Gasteiger partial charge in [0.15, 0.2) is 0 Å². The Morgan fingerprint density at radius 3 is 2.39 bits per heavy atom. The Kier molecular flexibility index (Phi) is 6.01. The first kappa shape index (κ1) is 22.6. The van der Waals surface area contributed by atoms with Gasteiger partial charge in [-0.15, -0.1) is 0 Å². The van der Waals surface area contributed by atoms with E-state index in [-0.39, 0.29) is 27.7 Å². The molecule has 3 aromatic rings. The lowest BCUT2D eigenvalue weighted by Crippen LogP contribution is -2.13. The van der Waals surface area contributed by atoms with E-state index in [4.69, 9.17) is 11.6 Å². The molecule has 0 aliphatic rings. The minimum absolute atomic E-state index is 0.174. The number of benzene rings is 1. The summed E-state index contributed by atoms with van der Waals surface area (Å²) in [5.41, 5.74) is 0.468. The molecule has 0 atom stereocenters. The van der Waals surface area contributed by atoms with Gasteiger partial charge in [-0.1, -0.05) is 11.6 Å². The summed E-state index contributed by atoms with van der Waals surface area (Å²) >= 11 is 5.98. The smallest absolute Gasteiger partial charge is 0.348 e. The first-order valence-corrected chi connectivity index (χ1v) is 10.9. The van der Waals surface area contributed by atoms with E-state index in [2.05, 4.69) is 15.0 Å². The summed E-state index contributed by atoms with van der Waals surface area (Å²) in [5.74, 6) is -0.527. The van der Waals surface area contributed by atoms with Gasteiger partial charge in [-0.05, 0) is 36.4 Å². The van der Waals surface area contributed by atoms with Crippen LogP contribution in [0.5, 0.6) is 0 Å². The Morgan fingerprint density at radius 1 is 1.13 bits per heavy atom. The van der Waals surface area contributed by atoms with E-state index in [1.165, 1.54) is 36.5 Å². The minimum Gasteiger partial charge on any atom is -0.348 e. The predicted molar refractivity (Wildman–Crippen MR) is 112 cm³/mol. The van der Waals surface area contributed by atoms with Crippen LogP contribution in [0.25, 0.3) is 11.4 Å². The van der Waals surface area contributed by atoms with Gasteiger partial charge in [0.05, 0.1) is 34.5 Å². The third-order valence-corrected chi connectivity index (χ3v) is 4.90. The number of carbonyl (C=O) groups is 1. The lowest BCUT2D eigenvalue weighted by Gasteiger charge is -2.09. The van der Waals surface area contributed by atoms with Crippen LogP contribution in [-0.4, -0.2) is 30.1 Å². The van der Waals surface area contributed by atoms with E-state index in [9.17, 15) is 26.4 Å². The minimum atomic E-state index is -4.49. The Morgan fingerprint density at radius 2 is 1.81 bits per heavy atom. The molecule has 0 saturated heterocycles. The van der Waals surface area contributed by atoms with Crippen molar-refractivity contribution in [3.63, 3.8) is 0 Å². The van der Waals surface area contributed by atoms with Crippen LogP contribution >= 0.6 is 11.6 Å². The maximum atomic E-state index is 12.7. The van der Waals surface area contributed by atoms with E-state index in [0.29, 0.717) is 5.69 Å². The van der Waals surface area contributed by atoms with Crippen LogP contribution in [0.15, 0.2) is 48.8 Å². The number of amides is 1. The van der Waals surface area contributed by atoms with E-state index < -0.39 is 27.7 Å². The van der Waals surface area contributed by atoms with Gasteiger partial charge in [-0.2, -0.15) is 13.2 Å². The number of anilines is 2. The van der Waals surface area contributed by atoms with Crippen LogP contribution in [0.1, 0.15) is 15.9 Å². The third kappa shape index (κ3) is 5.76. The first-order chi connectivity index (χ1) is 14.3. The van der Waals surface area contributed by atoms with E-state index in [1.54, 1.807) is 11.6 Å². The SMILES string of the molecule is Cn1cc(C(=O)Nc2cc(Cl)cc(NS(C)(=O)=O)c2)cc1-c1ccc(C(F)(F)F)cn1. The highest BCUT2D eigenvalue weighted by molar-refractivity contribution is 7.92. The van der Waals surface area contributed by atoms with Gasteiger partial charge in [-0.3, -0.25) is 14.5 Å². The number of sulfonamides is 1. The Hall–Kier alpha value is -3.05. The van der Waals surface area contributed by atoms with Crippen LogP contribution < -0.4 is 10.0 Å². The highest BCUT2D eigenvalue weighted by atomic mass is 35.5. The van der Waals surface area contributed by atoms with Gasteiger partial charge in [0.25, 0.3) is 5.91 Å². The maximum Gasteiger partial charge on any atom is 0.417 e. The van der Waals surface area contributed by atoms with E-state index in [0.717, 1.165) is 18.5 Å². The van der Waals surface area contributed by atoms with Crippen LogP contribution in [0, 0.1) is 0 Å². The average molecular weight is 473 g/mol. The largest absolute Gasteiger partial charge is 0.417 e. The first-order valence-electron chi connectivity index (χ1n) is 8.61. The van der Waals surface area contributed by atoms with Crippen molar-refractivity contribution < 1.29 is 26.4 Å². The quantitative estimate of drug-likeness (QED) is 0.576. The summed E-state index contributed by atoms with van der Waals surface area (Å²) in [6.07, 6.45) is -1.30. The van der Waals surface area contributed by atoms with Crippen molar-refractivity contribution in [2.75, 3.05) is 16.3 Å². The molecule has 0 unspecified atom stereocenters. The Labute approximate surface area is 180 Å². The van der Waals surface area contributed by atoms with Crippen LogP contribution in [0.4, 0.5) is 24.5 Å². The molecule has 2 heterocycles. The molecule has 0 aliphatic carbocycles. The van der Waals surface area contributed by atoms with Gasteiger partial charge in [0, 0.05) is 30.2 Å². The van der Waals surface area contributed by atoms with Gasteiger partial charge >= 0.3 is 6.18 Å². The zero-order chi connectivity index (χ0) is 23.0. The molecule has 0 bridgehead atoms. The lowest BCUT2D eigenvalue weighted by molar-refractivity contribution is -0.137. The second-order valence-electron chi connectivity index (χ2n) is 6.71. The monoisotopic (exact) mass is 472 g/mol. The number of hydrogen-bond donors (Lipinski definition) is 2. The van der Waals surface area contributed by atoms with Crippen LogP contribution in [-0.2, 0) is 23.2 Å². The molecule has 3 rings (SSSR count). The maximum absolute atomic E-state index is 12.7. The topological polar surface area (TPSA) is 93.1 Å². The van der Waals surface area contributed by atoms with Crippen LogP contribution in [0.2, 0.25) is 5.02 Å². The van der Waals surface area contributed by atoms with Crippen molar-refractivity contribution in [1.82, 2.24) is 9.55 Å². The fourth-order valence-corrected chi connectivity index (χ4v) is 3.58. The molecule has 164 valence electrons. The van der Waals surface area contributed by atoms with Gasteiger partial charge in [0.2, 0.25) is 10.0 Å². The Balaban J connectivity index is 1.83. The Bertz CT molecular complexity index is 1240. The third-order valence-electron chi connectivity index (χ3n) is 4.08. The van der Waals surface area contributed by atoms with Crippen molar-refractivity contribution in [2.24, 2.45) is 7.05 Å². The van der Waals surface area contributed by atoms with Gasteiger partial charge in [-0.25, -0.2) is 8.42 Å². The molecular weight excluding hydrogens is 457 g/mol. The summed E-state index contributed by atoms with van der Waals surface area (Å²) < 4.78 is 64.8. The zero-order valence-corrected chi connectivity index (χ0v) is 17.7. The molecule has 0 aliphatic heterocycles. The standard InChI is InChI=1S/C19H16ClF3N4O3S/c1-27-10-11(5-17(27)16-4-3-12(9-24-16)19(21,22)23)18(28)25-14-6-13(20)7-15(8-14)26-31(2,29)30/h3-10,26H,1-2H3,(H,25,28). The average Bonchev–Trinajstić information content (AvgIpc) is 3.01. The molecule has 2 N–H and O–H groups in total. The van der Waals surface area contributed by atoms with Crippen molar-refractivity contribution in [3.8, 4) is 11.4 Å². The van der Waals surface area contributed by atoms with Gasteiger partial charge in [0.1, 0.15) is 0 Å². The molecule has 0 saturated carbocycles. The highest BCUT2D eigenvalue weighted by Crippen LogP contribution is 2.30. The molecule has 0 fully saturated rings. The molecular formula is C19H16ClF3N4O3S. The molecule has 2 aromatic heterocycles. The number of nitrogens with one attached hydrogen (secondary N) is 2. The van der Waals surface area contributed by atoms with Crippen LogP contribution in [0.3, 0.4) is 0 Å². The molecule has 31 heavy (non-hydrogen) atoms. The van der Waals surface area contributed by atoms with Crippen molar-refractivity contribution >= 4 is 38.9 Å². The predicted octanol–water partition coefficient (Wildman–Crippen LogP) is 4.38. The molecule has 1 amide bonds. The van der Waals surface area contributed by atoms with Crippen molar-refractivity contribution in [3.05, 3.63) is 64.9 Å². The number of rotatable bonds is 5. The molecule has 0 radical (unpaired) electrons. The number of alkyl halides is 3. The lowest BCUT2D eigenvalue weighted by atomic mass is 10.2. The van der Waals surface area contributed by atoms with Crippen molar-refractivity contribution in [2.45, 2.75) is 6.18 Å². The number of aromatic nitrogens is 2. The summed E-state index contributed by atoms with van der Waals surface area (Å²) in [6, 6.07) is 7.83. The summed E-state index contributed by atoms with van der Waals surface area (Å²) in [6.45, 7) is 0. The summed E-state index contributed by atoms with van der Waals surface area (Å²) in [7, 11) is -1.91. The number of pyridine rings is 1. The summed E-state index contributed by atoms with van der Waals surface area (Å²) in [5, 5.41) is 2.81. The molecule has 7 nitrogen and oxygen atoms in total. The van der Waals surface area contributed by atoms with E-state index in [1.807, 2.05) is 0 Å². The van der Waals surface area contributed by atoms with Gasteiger partial charge < -0.3 is 9.88 Å². The molecule has 0 spiro atoms. The van der Waals surface area contributed by atoms with Crippen molar-refractivity contribution in [1.29, 1.82) is 0 Å². The van der Waals surface area contributed by atoms with E-state index >= 15 is 0 Å². The molecule has 12 heteroatoms. The summed E-state index contributed by atoms with van der Waals surface area (Å²) in [4.78, 5) is 16.5. The number of carbonyl (C=O) groups excluding carboxylic acids is 1. The number of nitrogens with zero attached hydrogens (tertiary/aromatic N) is 2. The number of halogens is 4. The second-order valence-corrected chi connectivity index (χ2v) is 8.90. The zero-order valence-electron chi connectivity index (χ0n) is 16.2.